The van der Waals surface area contributed by atoms with E-state index in [1.165, 1.54) is 12.3 Å². The number of anilines is 1. The summed E-state index contributed by atoms with van der Waals surface area (Å²) in [6.07, 6.45) is 4.24. The number of ether oxygens (including phenoxy) is 2. The fourth-order valence-electron chi connectivity index (χ4n) is 3.02. The van der Waals surface area contributed by atoms with Crippen LogP contribution in [0.4, 0.5) is 5.69 Å². The number of aromatic nitrogens is 2. The number of nitrogens with two attached hydrogens (primary N) is 1. The number of carbonyl (C=O) groups is 2. The maximum absolute atomic E-state index is 11.9. The Hall–Kier alpha value is -4.98. The summed E-state index contributed by atoms with van der Waals surface area (Å²) in [6, 6.07) is 21.1. The van der Waals surface area contributed by atoms with E-state index in [4.69, 9.17) is 15.2 Å². The molecule has 0 saturated carbocycles. The Balaban J connectivity index is 1.58. The Labute approximate surface area is 195 Å². The van der Waals surface area contributed by atoms with Gasteiger partial charge in [0, 0.05) is 11.8 Å². The SMILES string of the molecule is C=CC(=O)Nc1cncc(-c2ccc(C(N)=O)c(Oc3ccc(Oc4ccccc4)cc3)n2)c1. The van der Waals surface area contributed by atoms with Crippen molar-refractivity contribution < 1.29 is 19.1 Å². The Morgan fingerprint density at radius 3 is 2.24 bits per heavy atom. The second kappa shape index (κ2) is 10.1. The number of rotatable bonds is 8. The van der Waals surface area contributed by atoms with Gasteiger partial charge < -0.3 is 20.5 Å². The molecule has 0 spiro atoms. The maximum Gasteiger partial charge on any atom is 0.254 e. The van der Waals surface area contributed by atoms with Crippen molar-refractivity contribution in [3.05, 3.63) is 103 Å². The van der Waals surface area contributed by atoms with E-state index in [9.17, 15) is 9.59 Å². The fourth-order valence-corrected chi connectivity index (χ4v) is 3.02. The number of primary amides is 1. The smallest absolute Gasteiger partial charge is 0.254 e. The van der Waals surface area contributed by atoms with Gasteiger partial charge in [0.25, 0.3) is 5.91 Å². The molecule has 34 heavy (non-hydrogen) atoms. The van der Waals surface area contributed by atoms with Crippen LogP contribution in [0.2, 0.25) is 0 Å². The monoisotopic (exact) mass is 452 g/mol. The summed E-state index contributed by atoms with van der Waals surface area (Å²) in [5, 5.41) is 2.64. The zero-order valence-electron chi connectivity index (χ0n) is 18.0. The minimum absolute atomic E-state index is 0.0438. The van der Waals surface area contributed by atoms with Gasteiger partial charge in [-0.3, -0.25) is 14.6 Å². The summed E-state index contributed by atoms with van der Waals surface area (Å²) in [4.78, 5) is 32.1. The van der Waals surface area contributed by atoms with Crippen LogP contribution >= 0.6 is 0 Å². The summed E-state index contributed by atoms with van der Waals surface area (Å²) >= 11 is 0. The molecule has 0 aliphatic rings. The highest BCUT2D eigenvalue weighted by atomic mass is 16.5. The van der Waals surface area contributed by atoms with E-state index in [2.05, 4.69) is 21.9 Å². The number of carbonyl (C=O) groups excluding carboxylic acids is 2. The maximum atomic E-state index is 11.9. The number of nitrogens with zero attached hydrogens (tertiary/aromatic N) is 2. The third kappa shape index (κ3) is 5.43. The quantitative estimate of drug-likeness (QED) is 0.365. The lowest BCUT2D eigenvalue weighted by Crippen LogP contribution is -2.13. The lowest BCUT2D eigenvalue weighted by molar-refractivity contribution is -0.111. The Bertz CT molecular complexity index is 1340. The highest BCUT2D eigenvalue weighted by Gasteiger charge is 2.15. The molecule has 8 heteroatoms. The van der Waals surface area contributed by atoms with E-state index in [0.717, 1.165) is 6.08 Å². The minimum atomic E-state index is -0.678. The predicted molar refractivity (Wildman–Crippen MR) is 128 cm³/mol. The average Bonchev–Trinajstić information content (AvgIpc) is 2.86. The summed E-state index contributed by atoms with van der Waals surface area (Å²) in [5.74, 6) is 0.782. The lowest BCUT2D eigenvalue weighted by Gasteiger charge is -2.12. The summed E-state index contributed by atoms with van der Waals surface area (Å²) in [6.45, 7) is 3.43. The molecule has 2 aromatic carbocycles. The van der Waals surface area contributed by atoms with Gasteiger partial charge in [-0.15, -0.1) is 0 Å². The van der Waals surface area contributed by atoms with Crippen LogP contribution in [0.5, 0.6) is 23.1 Å². The molecule has 0 atom stereocenters. The number of amides is 2. The van der Waals surface area contributed by atoms with Crippen molar-refractivity contribution in [3.8, 4) is 34.4 Å². The minimum Gasteiger partial charge on any atom is -0.457 e. The second-order valence-corrected chi connectivity index (χ2v) is 7.06. The number of nitrogens with one attached hydrogen (secondary N) is 1. The van der Waals surface area contributed by atoms with Crippen LogP contribution in [0.25, 0.3) is 11.3 Å². The molecule has 2 amide bonds. The number of hydrogen-bond donors (Lipinski definition) is 2. The highest BCUT2D eigenvalue weighted by Crippen LogP contribution is 2.30. The number of hydrogen-bond acceptors (Lipinski definition) is 6. The molecule has 4 aromatic rings. The first-order chi connectivity index (χ1) is 16.5. The predicted octanol–water partition coefficient (Wildman–Crippen LogP) is 4.95. The van der Waals surface area contributed by atoms with Crippen molar-refractivity contribution >= 4 is 17.5 Å². The molecular formula is C26H20N4O4. The molecule has 0 saturated heterocycles. The highest BCUT2D eigenvalue weighted by molar-refractivity contribution is 5.99. The fraction of sp³-hybridized carbons (Fsp3) is 0. The van der Waals surface area contributed by atoms with Gasteiger partial charge in [-0.05, 0) is 60.7 Å². The lowest BCUT2D eigenvalue weighted by atomic mass is 10.1. The van der Waals surface area contributed by atoms with Crippen LogP contribution in [0, 0.1) is 0 Å². The number of para-hydroxylation sites is 1. The molecule has 0 bridgehead atoms. The van der Waals surface area contributed by atoms with Gasteiger partial charge in [-0.1, -0.05) is 24.8 Å². The van der Waals surface area contributed by atoms with E-state index < -0.39 is 5.91 Å². The van der Waals surface area contributed by atoms with Gasteiger partial charge in [0.15, 0.2) is 0 Å². The zero-order chi connectivity index (χ0) is 23.9. The van der Waals surface area contributed by atoms with Gasteiger partial charge in [0.1, 0.15) is 22.8 Å². The van der Waals surface area contributed by atoms with Gasteiger partial charge in [-0.2, -0.15) is 0 Å². The molecule has 2 heterocycles. The standard InChI is InChI=1S/C26H20N4O4/c1-2-24(31)29-18-14-17(15-28-16-18)23-13-12-22(25(27)32)26(30-23)34-21-10-8-20(9-11-21)33-19-6-4-3-5-7-19/h2-16H,1H2,(H2,27,32)(H,29,31). The van der Waals surface area contributed by atoms with Gasteiger partial charge in [0.05, 0.1) is 17.6 Å². The first-order valence-electron chi connectivity index (χ1n) is 10.2. The Kier molecular flexibility index (Phi) is 6.60. The van der Waals surface area contributed by atoms with E-state index in [-0.39, 0.29) is 17.4 Å². The molecule has 3 N–H and O–H groups in total. The van der Waals surface area contributed by atoms with Crippen molar-refractivity contribution in [1.82, 2.24) is 9.97 Å². The van der Waals surface area contributed by atoms with Crippen molar-refractivity contribution in [2.45, 2.75) is 0 Å². The molecule has 8 nitrogen and oxygen atoms in total. The number of benzene rings is 2. The average molecular weight is 452 g/mol. The molecule has 0 fully saturated rings. The summed E-state index contributed by atoms with van der Waals surface area (Å²) < 4.78 is 11.7. The number of pyridine rings is 2. The van der Waals surface area contributed by atoms with Crippen molar-refractivity contribution in [2.75, 3.05) is 5.32 Å². The van der Waals surface area contributed by atoms with E-state index >= 15 is 0 Å². The van der Waals surface area contributed by atoms with E-state index in [1.54, 1.807) is 42.6 Å². The molecule has 0 aliphatic heterocycles. The summed E-state index contributed by atoms with van der Waals surface area (Å²) in [7, 11) is 0. The normalized spacial score (nSPS) is 10.2. The van der Waals surface area contributed by atoms with Gasteiger partial charge >= 0.3 is 0 Å². The third-order valence-corrected chi connectivity index (χ3v) is 4.63. The van der Waals surface area contributed by atoms with Gasteiger partial charge in [-0.25, -0.2) is 4.98 Å². The first-order valence-corrected chi connectivity index (χ1v) is 10.2. The van der Waals surface area contributed by atoms with Crippen LogP contribution in [0.3, 0.4) is 0 Å². The molecule has 4 rings (SSSR count). The molecule has 0 radical (unpaired) electrons. The molecule has 0 unspecified atom stereocenters. The Morgan fingerprint density at radius 2 is 1.56 bits per heavy atom. The van der Waals surface area contributed by atoms with Crippen LogP contribution < -0.4 is 20.5 Å². The molecule has 2 aromatic heterocycles. The van der Waals surface area contributed by atoms with Crippen LogP contribution in [-0.2, 0) is 4.79 Å². The zero-order valence-corrected chi connectivity index (χ0v) is 18.0. The van der Waals surface area contributed by atoms with Crippen LogP contribution in [0.15, 0.2) is 97.8 Å². The largest absolute Gasteiger partial charge is 0.457 e. The second-order valence-electron chi connectivity index (χ2n) is 7.06. The Morgan fingerprint density at radius 1 is 0.882 bits per heavy atom. The summed E-state index contributed by atoms with van der Waals surface area (Å²) in [5.41, 5.74) is 7.19. The van der Waals surface area contributed by atoms with Crippen molar-refractivity contribution in [2.24, 2.45) is 5.73 Å². The molecule has 0 aliphatic carbocycles. The third-order valence-electron chi connectivity index (χ3n) is 4.63. The topological polar surface area (TPSA) is 116 Å². The van der Waals surface area contributed by atoms with Crippen LogP contribution in [0.1, 0.15) is 10.4 Å². The van der Waals surface area contributed by atoms with Gasteiger partial charge in [0.2, 0.25) is 11.8 Å². The van der Waals surface area contributed by atoms with Crippen molar-refractivity contribution in [3.63, 3.8) is 0 Å². The van der Waals surface area contributed by atoms with E-state index in [1.807, 2.05) is 30.3 Å². The molecular weight excluding hydrogens is 432 g/mol. The van der Waals surface area contributed by atoms with Crippen molar-refractivity contribution in [1.29, 1.82) is 0 Å². The van der Waals surface area contributed by atoms with Crippen LogP contribution in [-0.4, -0.2) is 21.8 Å². The van der Waals surface area contributed by atoms with E-state index in [0.29, 0.717) is 34.2 Å². The first kappa shape index (κ1) is 22.2. The molecule has 168 valence electrons.